The SMILES string of the molecule is OCC1CCCC1NCc1cnccn1. The van der Waals surface area contributed by atoms with Crippen molar-refractivity contribution in [3.8, 4) is 0 Å². The van der Waals surface area contributed by atoms with Crippen LogP contribution in [-0.4, -0.2) is 27.7 Å². The molecule has 1 fully saturated rings. The molecule has 0 bridgehead atoms. The Bertz CT molecular complexity index is 291. The van der Waals surface area contributed by atoms with Gasteiger partial charge in [-0.15, -0.1) is 0 Å². The first-order chi connectivity index (χ1) is 7.40. The Morgan fingerprint density at radius 3 is 3.07 bits per heavy atom. The second-order valence-corrected chi connectivity index (χ2v) is 4.06. The zero-order valence-corrected chi connectivity index (χ0v) is 8.76. The highest BCUT2D eigenvalue weighted by Gasteiger charge is 2.25. The highest BCUT2D eigenvalue weighted by atomic mass is 16.3. The van der Waals surface area contributed by atoms with Crippen molar-refractivity contribution >= 4 is 0 Å². The average molecular weight is 207 g/mol. The lowest BCUT2D eigenvalue weighted by Crippen LogP contribution is -2.33. The van der Waals surface area contributed by atoms with E-state index < -0.39 is 0 Å². The van der Waals surface area contributed by atoms with Crippen LogP contribution in [-0.2, 0) is 6.54 Å². The Morgan fingerprint density at radius 2 is 2.33 bits per heavy atom. The van der Waals surface area contributed by atoms with Crippen molar-refractivity contribution in [2.24, 2.45) is 5.92 Å². The molecule has 1 aromatic heterocycles. The molecule has 0 spiro atoms. The van der Waals surface area contributed by atoms with Gasteiger partial charge in [-0.2, -0.15) is 0 Å². The summed E-state index contributed by atoms with van der Waals surface area (Å²) < 4.78 is 0. The predicted octanol–water partition coefficient (Wildman–Crippen LogP) is 0.727. The zero-order chi connectivity index (χ0) is 10.5. The third-order valence-electron chi connectivity index (χ3n) is 3.06. The lowest BCUT2D eigenvalue weighted by molar-refractivity contribution is 0.205. The number of aromatic nitrogens is 2. The van der Waals surface area contributed by atoms with Gasteiger partial charge in [0.05, 0.1) is 5.69 Å². The van der Waals surface area contributed by atoms with Gasteiger partial charge in [0.1, 0.15) is 0 Å². The van der Waals surface area contributed by atoms with Gasteiger partial charge < -0.3 is 10.4 Å². The van der Waals surface area contributed by atoms with Crippen LogP contribution in [0.1, 0.15) is 25.0 Å². The first-order valence-corrected chi connectivity index (χ1v) is 5.49. The van der Waals surface area contributed by atoms with E-state index in [1.165, 1.54) is 6.42 Å². The fourth-order valence-electron chi connectivity index (χ4n) is 2.18. The summed E-state index contributed by atoms with van der Waals surface area (Å²) in [5.41, 5.74) is 0.959. The monoisotopic (exact) mass is 207 g/mol. The van der Waals surface area contributed by atoms with Crippen LogP contribution in [0.25, 0.3) is 0 Å². The molecule has 4 nitrogen and oxygen atoms in total. The number of nitrogens with one attached hydrogen (secondary N) is 1. The molecule has 2 N–H and O–H groups in total. The maximum Gasteiger partial charge on any atom is 0.0724 e. The summed E-state index contributed by atoms with van der Waals surface area (Å²) in [5.74, 6) is 0.418. The maximum absolute atomic E-state index is 9.17. The summed E-state index contributed by atoms with van der Waals surface area (Å²) in [6, 6.07) is 0.442. The van der Waals surface area contributed by atoms with Gasteiger partial charge in [-0.1, -0.05) is 6.42 Å². The van der Waals surface area contributed by atoms with Crippen LogP contribution >= 0.6 is 0 Å². The summed E-state index contributed by atoms with van der Waals surface area (Å²) in [4.78, 5) is 8.22. The highest BCUT2D eigenvalue weighted by molar-refractivity contribution is 4.95. The molecule has 2 atom stereocenters. The van der Waals surface area contributed by atoms with Gasteiger partial charge in [0, 0.05) is 37.8 Å². The lowest BCUT2D eigenvalue weighted by Gasteiger charge is -2.18. The summed E-state index contributed by atoms with van der Waals surface area (Å²) in [5, 5.41) is 12.6. The molecule has 2 unspecified atom stereocenters. The van der Waals surface area contributed by atoms with E-state index in [9.17, 15) is 0 Å². The minimum Gasteiger partial charge on any atom is -0.396 e. The first kappa shape index (κ1) is 10.5. The average Bonchev–Trinajstić information content (AvgIpc) is 2.75. The second-order valence-electron chi connectivity index (χ2n) is 4.06. The molecule has 0 aliphatic heterocycles. The van der Waals surface area contributed by atoms with E-state index >= 15 is 0 Å². The van der Waals surface area contributed by atoms with Crippen LogP contribution in [0.2, 0.25) is 0 Å². The van der Waals surface area contributed by atoms with E-state index in [2.05, 4.69) is 15.3 Å². The van der Waals surface area contributed by atoms with Crippen LogP contribution in [0, 0.1) is 5.92 Å². The molecule has 1 aliphatic rings. The summed E-state index contributed by atoms with van der Waals surface area (Å²) >= 11 is 0. The molecule has 15 heavy (non-hydrogen) atoms. The molecule has 1 aromatic rings. The third kappa shape index (κ3) is 2.73. The molecule has 1 saturated carbocycles. The number of nitrogens with zero attached hydrogens (tertiary/aromatic N) is 2. The Balaban J connectivity index is 1.83. The lowest BCUT2D eigenvalue weighted by atomic mass is 10.1. The van der Waals surface area contributed by atoms with Crippen LogP contribution in [0.4, 0.5) is 0 Å². The molecule has 0 aromatic carbocycles. The number of hydrogen-bond donors (Lipinski definition) is 2. The third-order valence-corrected chi connectivity index (χ3v) is 3.06. The summed E-state index contributed by atoms with van der Waals surface area (Å²) in [6.45, 7) is 1.03. The maximum atomic E-state index is 9.17. The Kier molecular flexibility index (Phi) is 3.64. The van der Waals surface area contributed by atoms with Crippen molar-refractivity contribution in [1.82, 2.24) is 15.3 Å². The van der Waals surface area contributed by atoms with Crippen molar-refractivity contribution in [1.29, 1.82) is 0 Å². The smallest absolute Gasteiger partial charge is 0.0724 e. The Labute approximate surface area is 89.8 Å². The molecule has 4 heteroatoms. The molecule has 0 saturated heterocycles. The van der Waals surface area contributed by atoms with Crippen LogP contribution in [0.5, 0.6) is 0 Å². The molecular formula is C11H17N3O. The van der Waals surface area contributed by atoms with Gasteiger partial charge >= 0.3 is 0 Å². The topological polar surface area (TPSA) is 58.0 Å². The largest absolute Gasteiger partial charge is 0.396 e. The van der Waals surface area contributed by atoms with Gasteiger partial charge in [-0.25, -0.2) is 0 Å². The Hall–Kier alpha value is -1.00. The number of aliphatic hydroxyl groups is 1. The van der Waals surface area contributed by atoms with Crippen LogP contribution in [0.3, 0.4) is 0 Å². The number of hydrogen-bond acceptors (Lipinski definition) is 4. The second kappa shape index (κ2) is 5.19. The molecule has 82 valence electrons. The van der Waals surface area contributed by atoms with Gasteiger partial charge in [0.25, 0.3) is 0 Å². The van der Waals surface area contributed by atoms with E-state index in [1.54, 1.807) is 18.6 Å². The molecule has 1 aliphatic carbocycles. The number of aliphatic hydroxyl groups excluding tert-OH is 1. The number of rotatable bonds is 4. The minimum atomic E-state index is 0.290. The standard InChI is InChI=1S/C11H17N3O/c15-8-9-2-1-3-11(9)14-7-10-6-12-4-5-13-10/h4-6,9,11,14-15H,1-3,7-8H2. The van der Waals surface area contributed by atoms with E-state index in [-0.39, 0.29) is 6.61 Å². The van der Waals surface area contributed by atoms with Crippen molar-refractivity contribution in [3.63, 3.8) is 0 Å². The van der Waals surface area contributed by atoms with E-state index in [0.29, 0.717) is 12.0 Å². The molecule has 2 rings (SSSR count). The minimum absolute atomic E-state index is 0.290. The quantitative estimate of drug-likeness (QED) is 0.764. The van der Waals surface area contributed by atoms with Crippen molar-refractivity contribution in [3.05, 3.63) is 24.3 Å². The zero-order valence-electron chi connectivity index (χ0n) is 8.76. The van der Waals surface area contributed by atoms with Crippen LogP contribution in [0.15, 0.2) is 18.6 Å². The highest BCUT2D eigenvalue weighted by Crippen LogP contribution is 2.25. The van der Waals surface area contributed by atoms with Crippen molar-refractivity contribution < 1.29 is 5.11 Å². The van der Waals surface area contributed by atoms with E-state index in [1.807, 2.05) is 0 Å². The summed E-state index contributed by atoms with van der Waals surface area (Å²) in [7, 11) is 0. The van der Waals surface area contributed by atoms with Gasteiger partial charge in [-0.05, 0) is 18.8 Å². The van der Waals surface area contributed by atoms with Gasteiger partial charge in [0.15, 0.2) is 0 Å². The van der Waals surface area contributed by atoms with Gasteiger partial charge in [0.2, 0.25) is 0 Å². The van der Waals surface area contributed by atoms with Gasteiger partial charge in [-0.3, -0.25) is 9.97 Å². The fourth-order valence-corrected chi connectivity index (χ4v) is 2.18. The fraction of sp³-hybridized carbons (Fsp3) is 0.636. The van der Waals surface area contributed by atoms with E-state index in [4.69, 9.17) is 5.11 Å². The van der Waals surface area contributed by atoms with Crippen molar-refractivity contribution in [2.75, 3.05) is 6.61 Å². The predicted molar refractivity (Wildman–Crippen MR) is 57.1 cm³/mol. The van der Waals surface area contributed by atoms with Crippen LogP contribution < -0.4 is 5.32 Å². The summed E-state index contributed by atoms with van der Waals surface area (Å²) in [6.07, 6.45) is 8.66. The normalized spacial score (nSPS) is 25.7. The van der Waals surface area contributed by atoms with Crippen molar-refractivity contribution in [2.45, 2.75) is 31.8 Å². The van der Waals surface area contributed by atoms with E-state index in [0.717, 1.165) is 25.1 Å². The molecule has 0 radical (unpaired) electrons. The molecular weight excluding hydrogens is 190 g/mol. The molecule has 1 heterocycles. The molecule has 0 amide bonds. The first-order valence-electron chi connectivity index (χ1n) is 5.49. The Morgan fingerprint density at radius 1 is 1.40 bits per heavy atom.